The van der Waals surface area contributed by atoms with Gasteiger partial charge in [-0.05, 0) is 24.6 Å². The Bertz CT molecular complexity index is 260. The summed E-state index contributed by atoms with van der Waals surface area (Å²) >= 11 is 5.70. The molecule has 0 aliphatic carbocycles. The fourth-order valence-electron chi connectivity index (χ4n) is 0.871. The SMILES string of the molecule is CC(N)c1ccc(F)cc1Cl. The smallest absolute Gasteiger partial charge is 0.124 e. The van der Waals surface area contributed by atoms with Gasteiger partial charge in [0.15, 0.2) is 0 Å². The maximum absolute atomic E-state index is 12.5. The molecule has 0 aromatic heterocycles. The molecule has 1 aromatic rings. The van der Waals surface area contributed by atoms with Gasteiger partial charge in [-0.3, -0.25) is 0 Å². The molecule has 0 fully saturated rings. The molecule has 1 atom stereocenters. The van der Waals surface area contributed by atoms with E-state index in [4.69, 9.17) is 17.3 Å². The zero-order valence-corrected chi connectivity index (χ0v) is 6.90. The summed E-state index contributed by atoms with van der Waals surface area (Å²) in [7, 11) is 0. The van der Waals surface area contributed by atoms with E-state index in [1.165, 1.54) is 12.1 Å². The topological polar surface area (TPSA) is 26.0 Å². The van der Waals surface area contributed by atoms with Crippen LogP contribution in [0.25, 0.3) is 0 Å². The Hall–Kier alpha value is -0.600. The number of hydrogen-bond acceptors (Lipinski definition) is 1. The standard InChI is InChI=1S/C8H9ClFN/c1-5(11)7-3-2-6(10)4-8(7)9/h2-5H,11H2,1H3. The molecular formula is C8H9ClFN. The molecule has 1 unspecified atom stereocenters. The molecule has 2 N–H and O–H groups in total. The zero-order chi connectivity index (χ0) is 8.43. The molecule has 0 radical (unpaired) electrons. The van der Waals surface area contributed by atoms with Crippen LogP contribution >= 0.6 is 11.6 Å². The number of halogens is 2. The summed E-state index contributed by atoms with van der Waals surface area (Å²) in [5, 5.41) is 0.389. The third-order valence-electron chi connectivity index (χ3n) is 1.45. The van der Waals surface area contributed by atoms with Gasteiger partial charge < -0.3 is 5.73 Å². The van der Waals surface area contributed by atoms with Crippen molar-refractivity contribution in [3.05, 3.63) is 34.6 Å². The Morgan fingerprint density at radius 2 is 2.18 bits per heavy atom. The van der Waals surface area contributed by atoms with E-state index in [9.17, 15) is 4.39 Å². The lowest BCUT2D eigenvalue weighted by Crippen LogP contribution is -2.05. The average Bonchev–Trinajstić information content (AvgIpc) is 1.85. The molecule has 1 rings (SSSR count). The van der Waals surface area contributed by atoms with E-state index in [1.807, 2.05) is 0 Å². The summed E-state index contributed by atoms with van der Waals surface area (Å²) in [6.07, 6.45) is 0. The highest BCUT2D eigenvalue weighted by molar-refractivity contribution is 6.31. The van der Waals surface area contributed by atoms with Gasteiger partial charge in [-0.25, -0.2) is 4.39 Å². The van der Waals surface area contributed by atoms with Crippen LogP contribution in [0.3, 0.4) is 0 Å². The molecule has 60 valence electrons. The maximum atomic E-state index is 12.5. The second-order valence-corrected chi connectivity index (χ2v) is 2.86. The minimum atomic E-state index is -0.334. The van der Waals surface area contributed by atoms with Gasteiger partial charge >= 0.3 is 0 Å². The van der Waals surface area contributed by atoms with Crippen LogP contribution in [0.5, 0.6) is 0 Å². The maximum Gasteiger partial charge on any atom is 0.124 e. The van der Waals surface area contributed by atoms with E-state index < -0.39 is 0 Å². The van der Waals surface area contributed by atoms with Crippen molar-refractivity contribution in [2.24, 2.45) is 5.73 Å². The van der Waals surface area contributed by atoms with Gasteiger partial charge in [-0.2, -0.15) is 0 Å². The third-order valence-corrected chi connectivity index (χ3v) is 1.78. The molecule has 3 heteroatoms. The predicted octanol–water partition coefficient (Wildman–Crippen LogP) is 2.50. The molecule has 0 heterocycles. The van der Waals surface area contributed by atoms with Crippen LogP contribution in [-0.2, 0) is 0 Å². The Morgan fingerprint density at radius 1 is 1.55 bits per heavy atom. The van der Waals surface area contributed by atoms with E-state index in [0.29, 0.717) is 5.02 Å². The van der Waals surface area contributed by atoms with E-state index in [-0.39, 0.29) is 11.9 Å². The minimum Gasteiger partial charge on any atom is -0.324 e. The fourth-order valence-corrected chi connectivity index (χ4v) is 1.21. The van der Waals surface area contributed by atoms with Crippen LogP contribution in [-0.4, -0.2) is 0 Å². The van der Waals surface area contributed by atoms with Gasteiger partial charge in [-0.1, -0.05) is 17.7 Å². The largest absolute Gasteiger partial charge is 0.324 e. The van der Waals surface area contributed by atoms with E-state index in [0.717, 1.165) is 5.56 Å². The van der Waals surface area contributed by atoms with Crippen LogP contribution < -0.4 is 5.73 Å². The van der Waals surface area contributed by atoms with E-state index >= 15 is 0 Å². The van der Waals surface area contributed by atoms with Gasteiger partial charge in [0.1, 0.15) is 5.82 Å². The lowest BCUT2D eigenvalue weighted by atomic mass is 10.1. The van der Waals surface area contributed by atoms with E-state index in [1.54, 1.807) is 13.0 Å². The minimum absolute atomic E-state index is 0.150. The normalized spacial score (nSPS) is 13.1. The molecule has 0 amide bonds. The summed E-state index contributed by atoms with van der Waals surface area (Å²) in [5.41, 5.74) is 6.33. The van der Waals surface area contributed by atoms with Crippen LogP contribution in [0.15, 0.2) is 18.2 Å². The van der Waals surface area contributed by atoms with Gasteiger partial charge in [0.2, 0.25) is 0 Å². The molecule has 1 nitrogen and oxygen atoms in total. The zero-order valence-electron chi connectivity index (χ0n) is 6.14. The van der Waals surface area contributed by atoms with Gasteiger partial charge in [-0.15, -0.1) is 0 Å². The van der Waals surface area contributed by atoms with E-state index in [2.05, 4.69) is 0 Å². The summed E-state index contributed by atoms with van der Waals surface area (Å²) in [5.74, 6) is -0.334. The van der Waals surface area contributed by atoms with Gasteiger partial charge in [0.25, 0.3) is 0 Å². The quantitative estimate of drug-likeness (QED) is 0.694. The number of benzene rings is 1. The highest BCUT2D eigenvalue weighted by atomic mass is 35.5. The molecule has 11 heavy (non-hydrogen) atoms. The van der Waals surface area contributed by atoms with Gasteiger partial charge in [0, 0.05) is 11.1 Å². The lowest BCUT2D eigenvalue weighted by Gasteiger charge is -2.06. The molecule has 0 aliphatic heterocycles. The average molecular weight is 174 g/mol. The van der Waals surface area contributed by atoms with Crippen molar-refractivity contribution < 1.29 is 4.39 Å². The first-order valence-electron chi connectivity index (χ1n) is 3.32. The summed E-state index contributed by atoms with van der Waals surface area (Å²) < 4.78 is 12.5. The Labute approximate surface area is 70.0 Å². The van der Waals surface area contributed by atoms with Crippen molar-refractivity contribution in [3.8, 4) is 0 Å². The Kier molecular flexibility index (Phi) is 2.47. The fraction of sp³-hybridized carbons (Fsp3) is 0.250. The van der Waals surface area contributed by atoms with Crippen molar-refractivity contribution >= 4 is 11.6 Å². The van der Waals surface area contributed by atoms with Gasteiger partial charge in [0.05, 0.1) is 0 Å². The van der Waals surface area contributed by atoms with Crippen LogP contribution in [0, 0.1) is 5.82 Å². The van der Waals surface area contributed by atoms with Crippen LogP contribution in [0.2, 0.25) is 5.02 Å². The predicted molar refractivity (Wildman–Crippen MR) is 44.0 cm³/mol. The second kappa shape index (κ2) is 3.20. The first kappa shape index (κ1) is 8.50. The molecule has 0 spiro atoms. The van der Waals surface area contributed by atoms with Crippen LogP contribution in [0.1, 0.15) is 18.5 Å². The molecule has 0 aliphatic rings. The first-order valence-corrected chi connectivity index (χ1v) is 3.69. The highest BCUT2D eigenvalue weighted by Gasteiger charge is 2.04. The van der Waals surface area contributed by atoms with Crippen molar-refractivity contribution in [3.63, 3.8) is 0 Å². The van der Waals surface area contributed by atoms with Crippen molar-refractivity contribution in [1.82, 2.24) is 0 Å². The van der Waals surface area contributed by atoms with Crippen molar-refractivity contribution in [2.45, 2.75) is 13.0 Å². The molecular weight excluding hydrogens is 165 g/mol. The molecule has 0 saturated heterocycles. The third kappa shape index (κ3) is 1.91. The number of hydrogen-bond donors (Lipinski definition) is 1. The second-order valence-electron chi connectivity index (χ2n) is 2.45. The van der Waals surface area contributed by atoms with Crippen LogP contribution in [0.4, 0.5) is 4.39 Å². The number of nitrogens with two attached hydrogens (primary N) is 1. The summed E-state index contributed by atoms with van der Waals surface area (Å²) in [6, 6.07) is 4.07. The molecule has 0 bridgehead atoms. The summed E-state index contributed by atoms with van der Waals surface area (Å²) in [4.78, 5) is 0. The van der Waals surface area contributed by atoms with Crippen molar-refractivity contribution in [2.75, 3.05) is 0 Å². The lowest BCUT2D eigenvalue weighted by molar-refractivity contribution is 0.626. The Balaban J connectivity index is 3.09. The molecule has 0 saturated carbocycles. The Morgan fingerprint density at radius 3 is 2.64 bits per heavy atom. The molecule has 1 aromatic carbocycles. The monoisotopic (exact) mass is 173 g/mol. The number of rotatable bonds is 1. The van der Waals surface area contributed by atoms with Crippen molar-refractivity contribution in [1.29, 1.82) is 0 Å². The first-order chi connectivity index (χ1) is 5.11. The summed E-state index contributed by atoms with van der Waals surface area (Å²) in [6.45, 7) is 1.80. The highest BCUT2D eigenvalue weighted by Crippen LogP contribution is 2.21.